The van der Waals surface area contributed by atoms with E-state index in [1.54, 1.807) is 25.7 Å². The summed E-state index contributed by atoms with van der Waals surface area (Å²) in [6.07, 6.45) is 1.70. The molecule has 2 fully saturated rings. The van der Waals surface area contributed by atoms with Gasteiger partial charge in [0, 0.05) is 12.1 Å². The number of hydrogen-bond donors (Lipinski definition) is 0. The van der Waals surface area contributed by atoms with E-state index in [4.69, 9.17) is 4.74 Å². The van der Waals surface area contributed by atoms with Crippen LogP contribution in [0, 0.1) is 5.92 Å². The van der Waals surface area contributed by atoms with Gasteiger partial charge in [0.2, 0.25) is 0 Å². The third kappa shape index (κ3) is 3.38. The second kappa shape index (κ2) is 4.61. The number of halogens is 1. The van der Waals surface area contributed by atoms with Crippen molar-refractivity contribution in [1.82, 2.24) is 4.90 Å². The van der Waals surface area contributed by atoms with Crippen LogP contribution in [-0.4, -0.2) is 42.8 Å². The smallest absolute Gasteiger partial charge is 0.410 e. The molecule has 7 heteroatoms. The van der Waals surface area contributed by atoms with E-state index in [9.17, 15) is 17.1 Å². The molecule has 0 saturated carbocycles. The van der Waals surface area contributed by atoms with Gasteiger partial charge in [-0.1, -0.05) is 0 Å². The van der Waals surface area contributed by atoms with Gasteiger partial charge in [-0.05, 0) is 46.0 Å². The lowest BCUT2D eigenvalue weighted by Gasteiger charge is -2.28. The SMILES string of the molecule is CC(C)(C)OC(=O)N1C2CCC1C(CS(=O)(=O)F)C2. The van der Waals surface area contributed by atoms with Gasteiger partial charge in [0.05, 0.1) is 5.75 Å². The highest BCUT2D eigenvalue weighted by Gasteiger charge is 2.50. The Balaban J connectivity index is 2.07. The largest absolute Gasteiger partial charge is 0.444 e. The van der Waals surface area contributed by atoms with Crippen LogP contribution in [0.25, 0.3) is 0 Å². The molecule has 19 heavy (non-hydrogen) atoms. The Morgan fingerprint density at radius 3 is 2.53 bits per heavy atom. The molecule has 2 saturated heterocycles. The van der Waals surface area contributed by atoms with Crippen LogP contribution in [0.15, 0.2) is 0 Å². The summed E-state index contributed by atoms with van der Waals surface area (Å²) in [7, 11) is -4.49. The summed E-state index contributed by atoms with van der Waals surface area (Å²) in [6.45, 7) is 5.35. The van der Waals surface area contributed by atoms with Crippen LogP contribution in [0.2, 0.25) is 0 Å². The number of carbonyl (C=O) groups is 1. The zero-order chi connectivity index (χ0) is 14.4. The van der Waals surface area contributed by atoms with E-state index in [1.807, 2.05) is 0 Å². The van der Waals surface area contributed by atoms with Gasteiger partial charge in [-0.3, -0.25) is 0 Å². The predicted octanol–water partition coefficient (Wildman–Crippen LogP) is 2.07. The number of ether oxygens (including phenoxy) is 1. The Hall–Kier alpha value is -0.850. The summed E-state index contributed by atoms with van der Waals surface area (Å²) in [4.78, 5) is 13.7. The first kappa shape index (κ1) is 14.6. The van der Waals surface area contributed by atoms with Gasteiger partial charge >= 0.3 is 16.3 Å². The number of fused-ring (bicyclic) bond motifs is 2. The second-order valence-corrected chi connectivity index (χ2v) is 7.80. The minimum atomic E-state index is -4.49. The van der Waals surface area contributed by atoms with E-state index in [0.717, 1.165) is 12.8 Å². The van der Waals surface area contributed by atoms with Crippen LogP contribution in [0.1, 0.15) is 40.0 Å². The van der Waals surface area contributed by atoms with Crippen molar-refractivity contribution in [2.24, 2.45) is 5.92 Å². The molecule has 2 bridgehead atoms. The molecule has 0 radical (unpaired) electrons. The fourth-order valence-electron chi connectivity index (χ4n) is 3.15. The first-order valence-corrected chi connectivity index (χ1v) is 8.06. The molecule has 0 aromatic heterocycles. The molecule has 2 rings (SSSR count). The zero-order valence-electron chi connectivity index (χ0n) is 11.4. The first-order valence-electron chi connectivity index (χ1n) is 6.50. The maximum Gasteiger partial charge on any atom is 0.410 e. The lowest BCUT2D eigenvalue weighted by molar-refractivity contribution is 0.0207. The maximum atomic E-state index is 12.8. The highest BCUT2D eigenvalue weighted by atomic mass is 32.3. The van der Waals surface area contributed by atoms with Crippen molar-refractivity contribution in [2.75, 3.05) is 5.75 Å². The summed E-state index contributed by atoms with van der Waals surface area (Å²) in [6, 6.07) is -0.211. The maximum absolute atomic E-state index is 12.8. The summed E-state index contributed by atoms with van der Waals surface area (Å²) in [5.74, 6) is -0.797. The Morgan fingerprint density at radius 2 is 2.00 bits per heavy atom. The molecular formula is C12H20FNO4S. The van der Waals surface area contributed by atoms with Crippen LogP contribution in [0.3, 0.4) is 0 Å². The van der Waals surface area contributed by atoms with Gasteiger partial charge in [-0.15, -0.1) is 3.89 Å². The quantitative estimate of drug-likeness (QED) is 0.731. The van der Waals surface area contributed by atoms with E-state index >= 15 is 0 Å². The van der Waals surface area contributed by atoms with E-state index in [0.29, 0.717) is 6.42 Å². The molecule has 110 valence electrons. The molecule has 0 N–H and O–H groups in total. The zero-order valence-corrected chi connectivity index (χ0v) is 12.2. The van der Waals surface area contributed by atoms with Gasteiger partial charge < -0.3 is 9.64 Å². The van der Waals surface area contributed by atoms with E-state index < -0.39 is 27.7 Å². The normalized spacial score (nSPS) is 30.7. The molecular weight excluding hydrogens is 273 g/mol. The third-order valence-corrected chi connectivity index (χ3v) is 4.51. The summed E-state index contributed by atoms with van der Waals surface area (Å²) >= 11 is 0. The van der Waals surface area contributed by atoms with E-state index in [1.165, 1.54) is 0 Å². The topological polar surface area (TPSA) is 63.7 Å². The Kier molecular flexibility index (Phi) is 3.53. The van der Waals surface area contributed by atoms with Crippen LogP contribution < -0.4 is 0 Å². The predicted molar refractivity (Wildman–Crippen MR) is 67.9 cm³/mol. The van der Waals surface area contributed by atoms with Crippen molar-refractivity contribution in [1.29, 1.82) is 0 Å². The number of carbonyl (C=O) groups excluding carboxylic acids is 1. The van der Waals surface area contributed by atoms with Gasteiger partial charge in [0.15, 0.2) is 0 Å². The van der Waals surface area contributed by atoms with Crippen molar-refractivity contribution in [2.45, 2.75) is 57.7 Å². The van der Waals surface area contributed by atoms with Gasteiger partial charge in [-0.2, -0.15) is 8.42 Å². The second-order valence-electron chi connectivity index (χ2n) is 6.39. The fourth-order valence-corrected chi connectivity index (χ4v) is 4.02. The molecule has 0 aliphatic carbocycles. The molecule has 2 heterocycles. The number of hydrogen-bond acceptors (Lipinski definition) is 4. The minimum Gasteiger partial charge on any atom is -0.444 e. The molecule has 0 aromatic carbocycles. The molecule has 0 aromatic rings. The summed E-state index contributed by atoms with van der Waals surface area (Å²) < 4.78 is 39.7. The van der Waals surface area contributed by atoms with Gasteiger partial charge in [0.25, 0.3) is 0 Å². The molecule has 3 unspecified atom stereocenters. The Morgan fingerprint density at radius 1 is 1.37 bits per heavy atom. The monoisotopic (exact) mass is 293 g/mol. The lowest BCUT2D eigenvalue weighted by Crippen LogP contribution is -2.41. The van der Waals surface area contributed by atoms with Crippen molar-refractivity contribution in [3.8, 4) is 0 Å². The number of rotatable bonds is 2. The molecule has 1 amide bonds. The van der Waals surface area contributed by atoms with E-state index in [2.05, 4.69) is 0 Å². The van der Waals surface area contributed by atoms with Gasteiger partial charge in [-0.25, -0.2) is 4.79 Å². The van der Waals surface area contributed by atoms with Crippen LogP contribution in [-0.2, 0) is 15.0 Å². The molecule has 2 aliphatic heterocycles. The number of nitrogens with zero attached hydrogens (tertiary/aromatic N) is 1. The first-order chi connectivity index (χ1) is 8.57. The van der Waals surface area contributed by atoms with Crippen LogP contribution in [0.5, 0.6) is 0 Å². The van der Waals surface area contributed by atoms with Crippen LogP contribution >= 0.6 is 0 Å². The molecule has 0 spiro atoms. The van der Waals surface area contributed by atoms with Crippen molar-refractivity contribution < 1.29 is 21.8 Å². The average Bonchev–Trinajstić information content (AvgIpc) is 2.68. The Labute approximate surface area is 113 Å². The molecule has 3 atom stereocenters. The third-order valence-electron chi connectivity index (χ3n) is 3.68. The molecule has 5 nitrogen and oxygen atoms in total. The minimum absolute atomic E-state index is 0.00778. The van der Waals surface area contributed by atoms with Crippen LogP contribution in [0.4, 0.5) is 8.68 Å². The van der Waals surface area contributed by atoms with Gasteiger partial charge in [0.1, 0.15) is 5.60 Å². The summed E-state index contributed by atoms with van der Waals surface area (Å²) in [5, 5.41) is 0. The van der Waals surface area contributed by atoms with Crippen molar-refractivity contribution in [3.63, 3.8) is 0 Å². The van der Waals surface area contributed by atoms with Crippen molar-refractivity contribution >= 4 is 16.3 Å². The Bertz CT molecular complexity index is 471. The fraction of sp³-hybridized carbons (Fsp3) is 0.917. The number of amides is 1. The highest BCUT2D eigenvalue weighted by molar-refractivity contribution is 7.86. The average molecular weight is 293 g/mol. The standard InChI is InChI=1S/C12H20FNO4S/c1-12(2,3)18-11(15)14-9-4-5-10(14)8(6-9)7-19(13,16)17/h8-10H,4-7H2,1-3H3. The lowest BCUT2D eigenvalue weighted by atomic mass is 9.91. The van der Waals surface area contributed by atoms with Crippen molar-refractivity contribution in [3.05, 3.63) is 0 Å². The molecule has 2 aliphatic rings. The summed E-state index contributed by atoms with van der Waals surface area (Å²) in [5.41, 5.74) is -0.583. The highest BCUT2D eigenvalue weighted by Crippen LogP contribution is 2.43. The van der Waals surface area contributed by atoms with E-state index in [-0.39, 0.29) is 18.0 Å².